The fourth-order valence-corrected chi connectivity index (χ4v) is 2.57. The molecule has 20 heavy (non-hydrogen) atoms. The first-order chi connectivity index (χ1) is 9.76. The Morgan fingerprint density at radius 3 is 2.60 bits per heavy atom. The molecule has 8 heteroatoms. The predicted molar refractivity (Wildman–Crippen MR) is 74.6 cm³/mol. The summed E-state index contributed by atoms with van der Waals surface area (Å²) < 4.78 is 12.8. The van der Waals surface area contributed by atoms with Crippen molar-refractivity contribution in [1.82, 2.24) is 14.4 Å². The topological polar surface area (TPSA) is 89.9 Å². The number of anilines is 2. The summed E-state index contributed by atoms with van der Waals surface area (Å²) in [6, 6.07) is 0. The van der Waals surface area contributed by atoms with E-state index < -0.39 is 0 Å². The Kier molecular flexibility index (Phi) is 3.43. The van der Waals surface area contributed by atoms with Crippen LogP contribution in [0.4, 0.5) is 11.6 Å². The molecule has 3 N–H and O–H groups in total. The second-order valence-electron chi connectivity index (χ2n) is 4.71. The molecule has 0 radical (unpaired) electrons. The van der Waals surface area contributed by atoms with E-state index in [0.29, 0.717) is 18.9 Å². The van der Waals surface area contributed by atoms with Gasteiger partial charge < -0.3 is 24.2 Å². The lowest BCUT2D eigenvalue weighted by molar-refractivity contribution is -0.00461. The molecule has 2 unspecified atom stereocenters. The van der Waals surface area contributed by atoms with Crippen molar-refractivity contribution < 1.29 is 9.47 Å². The number of nitrogen functional groups attached to an aromatic ring is 1. The molecule has 0 spiro atoms. The van der Waals surface area contributed by atoms with Crippen LogP contribution in [0.5, 0.6) is 0 Å². The number of hydrogen-bond donors (Lipinski definition) is 2. The maximum Gasteiger partial charge on any atom is 0.180 e. The number of ether oxygens (including phenoxy) is 2. The van der Waals surface area contributed by atoms with Gasteiger partial charge in [0, 0.05) is 39.7 Å². The SMILES string of the molecule is COC1CN(c2nc(NN)cn3ccnc23)CC1OC. The third-order valence-corrected chi connectivity index (χ3v) is 3.62. The van der Waals surface area contributed by atoms with Gasteiger partial charge in [-0.2, -0.15) is 0 Å². The molecule has 8 nitrogen and oxygen atoms in total. The van der Waals surface area contributed by atoms with Gasteiger partial charge in [-0.25, -0.2) is 15.8 Å². The van der Waals surface area contributed by atoms with Gasteiger partial charge in [0.2, 0.25) is 0 Å². The third kappa shape index (κ3) is 2.07. The van der Waals surface area contributed by atoms with Crippen LogP contribution in [-0.2, 0) is 9.47 Å². The lowest BCUT2D eigenvalue weighted by atomic mass is 10.3. The van der Waals surface area contributed by atoms with E-state index in [-0.39, 0.29) is 12.2 Å². The molecule has 0 amide bonds. The van der Waals surface area contributed by atoms with Crippen LogP contribution in [0.1, 0.15) is 0 Å². The van der Waals surface area contributed by atoms with Gasteiger partial charge in [0.25, 0.3) is 0 Å². The highest BCUT2D eigenvalue weighted by Gasteiger charge is 2.34. The van der Waals surface area contributed by atoms with Crippen molar-refractivity contribution in [3.8, 4) is 0 Å². The summed E-state index contributed by atoms with van der Waals surface area (Å²) in [5, 5.41) is 0. The Hall–Kier alpha value is -1.90. The zero-order chi connectivity index (χ0) is 14.1. The number of nitrogens with one attached hydrogen (secondary N) is 1. The highest BCUT2D eigenvalue weighted by Crippen LogP contribution is 2.26. The molecular formula is C12H18N6O2. The minimum absolute atomic E-state index is 0.0197. The summed E-state index contributed by atoms with van der Waals surface area (Å²) in [7, 11) is 3.38. The number of imidazole rings is 1. The number of nitrogens with two attached hydrogens (primary N) is 1. The van der Waals surface area contributed by atoms with Crippen LogP contribution >= 0.6 is 0 Å². The number of fused-ring (bicyclic) bond motifs is 1. The second kappa shape index (κ2) is 5.23. The average molecular weight is 278 g/mol. The first-order valence-corrected chi connectivity index (χ1v) is 6.37. The van der Waals surface area contributed by atoms with E-state index in [1.165, 1.54) is 0 Å². The van der Waals surface area contributed by atoms with Crippen LogP contribution in [0, 0.1) is 0 Å². The van der Waals surface area contributed by atoms with Gasteiger partial charge in [-0.15, -0.1) is 0 Å². The number of hydrogen-bond acceptors (Lipinski definition) is 7. The Bertz CT molecular complexity index is 589. The fourth-order valence-electron chi connectivity index (χ4n) is 2.57. The van der Waals surface area contributed by atoms with Crippen molar-refractivity contribution in [2.24, 2.45) is 5.84 Å². The van der Waals surface area contributed by atoms with Gasteiger partial charge in [-0.1, -0.05) is 0 Å². The molecule has 1 fully saturated rings. The maximum atomic E-state index is 5.47. The van der Waals surface area contributed by atoms with Gasteiger partial charge in [0.1, 0.15) is 12.2 Å². The van der Waals surface area contributed by atoms with Crippen LogP contribution in [0.15, 0.2) is 18.6 Å². The van der Waals surface area contributed by atoms with E-state index in [1.807, 2.05) is 10.6 Å². The molecule has 2 aromatic heterocycles. The summed E-state index contributed by atoms with van der Waals surface area (Å²) in [6.07, 6.45) is 5.43. The van der Waals surface area contributed by atoms with Crippen molar-refractivity contribution in [1.29, 1.82) is 0 Å². The third-order valence-electron chi connectivity index (χ3n) is 3.62. The molecule has 3 rings (SSSR count). The lowest BCUT2D eigenvalue weighted by Crippen LogP contribution is -2.27. The van der Waals surface area contributed by atoms with Crippen LogP contribution < -0.4 is 16.2 Å². The van der Waals surface area contributed by atoms with Crippen molar-refractivity contribution in [2.75, 3.05) is 37.6 Å². The normalized spacial score (nSPS) is 22.6. The predicted octanol–water partition coefficient (Wildman–Crippen LogP) is -0.135. The smallest absolute Gasteiger partial charge is 0.180 e. The van der Waals surface area contributed by atoms with E-state index in [4.69, 9.17) is 15.3 Å². The summed E-state index contributed by atoms with van der Waals surface area (Å²) in [5.41, 5.74) is 3.36. The Morgan fingerprint density at radius 2 is 2.00 bits per heavy atom. The Morgan fingerprint density at radius 1 is 1.30 bits per heavy atom. The standard InChI is InChI=1S/C12H18N6O2/c1-19-8-5-18(6-9(8)20-2)12-11-14-3-4-17(11)7-10(15-12)16-13/h3-4,7-9,16H,5-6,13H2,1-2H3. The molecule has 108 valence electrons. The number of nitrogens with zero attached hydrogens (tertiary/aromatic N) is 4. The monoisotopic (exact) mass is 278 g/mol. The van der Waals surface area contributed by atoms with Gasteiger partial charge in [-0.05, 0) is 0 Å². The number of aromatic nitrogens is 3. The van der Waals surface area contributed by atoms with Gasteiger partial charge in [0.05, 0.1) is 6.20 Å². The molecule has 3 heterocycles. The molecule has 2 atom stereocenters. The highest BCUT2D eigenvalue weighted by atomic mass is 16.5. The zero-order valence-electron chi connectivity index (χ0n) is 11.5. The molecule has 0 aromatic carbocycles. The zero-order valence-corrected chi connectivity index (χ0v) is 11.5. The van der Waals surface area contributed by atoms with Crippen LogP contribution in [0.2, 0.25) is 0 Å². The quantitative estimate of drug-likeness (QED) is 0.594. The average Bonchev–Trinajstić information content (AvgIpc) is 3.11. The van der Waals surface area contributed by atoms with E-state index in [2.05, 4.69) is 20.3 Å². The van der Waals surface area contributed by atoms with Crippen molar-refractivity contribution in [2.45, 2.75) is 12.2 Å². The van der Waals surface area contributed by atoms with E-state index in [9.17, 15) is 0 Å². The molecule has 0 saturated carbocycles. The summed E-state index contributed by atoms with van der Waals surface area (Å²) in [5.74, 6) is 6.82. The van der Waals surface area contributed by atoms with Crippen LogP contribution in [0.25, 0.3) is 5.65 Å². The molecule has 1 aliphatic heterocycles. The van der Waals surface area contributed by atoms with Crippen LogP contribution in [0.3, 0.4) is 0 Å². The number of hydrazine groups is 1. The Labute approximate surface area is 116 Å². The van der Waals surface area contributed by atoms with Crippen molar-refractivity contribution >= 4 is 17.3 Å². The molecule has 0 aliphatic carbocycles. The minimum atomic E-state index is 0.0197. The van der Waals surface area contributed by atoms with Crippen molar-refractivity contribution in [3.05, 3.63) is 18.6 Å². The number of methoxy groups -OCH3 is 2. The fraction of sp³-hybridized carbons (Fsp3) is 0.500. The number of rotatable bonds is 4. The van der Waals surface area contributed by atoms with Crippen LogP contribution in [-0.4, -0.2) is 53.9 Å². The molecule has 2 aromatic rings. The maximum absolute atomic E-state index is 5.47. The summed E-state index contributed by atoms with van der Waals surface area (Å²) >= 11 is 0. The van der Waals surface area contributed by atoms with E-state index in [1.54, 1.807) is 26.6 Å². The minimum Gasteiger partial charge on any atom is -0.377 e. The van der Waals surface area contributed by atoms with Gasteiger partial charge in [0.15, 0.2) is 17.3 Å². The summed E-state index contributed by atoms with van der Waals surface area (Å²) in [4.78, 5) is 11.0. The molecule has 0 bridgehead atoms. The highest BCUT2D eigenvalue weighted by molar-refractivity contribution is 5.67. The second-order valence-corrected chi connectivity index (χ2v) is 4.71. The van der Waals surface area contributed by atoms with E-state index in [0.717, 1.165) is 11.5 Å². The van der Waals surface area contributed by atoms with Gasteiger partial charge in [-0.3, -0.25) is 0 Å². The largest absolute Gasteiger partial charge is 0.377 e. The first-order valence-electron chi connectivity index (χ1n) is 6.37. The molecule has 1 saturated heterocycles. The lowest BCUT2D eigenvalue weighted by Gasteiger charge is -2.18. The first kappa shape index (κ1) is 13.1. The van der Waals surface area contributed by atoms with Gasteiger partial charge >= 0.3 is 0 Å². The molecule has 1 aliphatic rings. The van der Waals surface area contributed by atoms with E-state index >= 15 is 0 Å². The Balaban J connectivity index is 1.99. The summed E-state index contributed by atoms with van der Waals surface area (Å²) in [6.45, 7) is 1.41. The molecular weight excluding hydrogens is 260 g/mol. The van der Waals surface area contributed by atoms with Crippen molar-refractivity contribution in [3.63, 3.8) is 0 Å².